The van der Waals surface area contributed by atoms with Crippen molar-refractivity contribution in [2.24, 2.45) is 5.92 Å². The first-order chi connectivity index (χ1) is 14.6. The molecule has 0 aromatic heterocycles. The first-order valence-electron chi connectivity index (χ1n) is 9.45. The van der Waals surface area contributed by atoms with E-state index in [1.165, 1.54) is 35.4 Å². The van der Waals surface area contributed by atoms with Gasteiger partial charge in [0.05, 0.1) is 17.4 Å². The molecule has 3 atom stereocenters. The Morgan fingerprint density at radius 2 is 1.40 bits per heavy atom. The largest absolute Gasteiger partial charge is 0.273 e. The van der Waals surface area contributed by atoms with Crippen molar-refractivity contribution in [3.05, 3.63) is 96.1 Å². The van der Waals surface area contributed by atoms with Gasteiger partial charge in [0.25, 0.3) is 5.91 Å². The summed E-state index contributed by atoms with van der Waals surface area (Å²) in [4.78, 5) is 33.3. The number of anilines is 2. The first kappa shape index (κ1) is 18.4. The third-order valence-electron chi connectivity index (χ3n) is 5.43. The zero-order valence-corrected chi connectivity index (χ0v) is 15.6. The molecule has 2 amide bonds. The number of carbonyl (C=O) groups is 2. The van der Waals surface area contributed by atoms with Crippen LogP contribution < -0.4 is 9.96 Å². The average molecular weight is 406 g/mol. The molecule has 0 radical (unpaired) electrons. The molecule has 0 saturated carbocycles. The first-order valence-corrected chi connectivity index (χ1v) is 9.45. The van der Waals surface area contributed by atoms with E-state index in [-0.39, 0.29) is 11.3 Å². The number of nitrogens with zero attached hydrogens (tertiary/aromatic N) is 2. The number of hydrogen-bond donors (Lipinski definition) is 0. The maximum Gasteiger partial charge on any atom is 0.266 e. The zero-order chi connectivity index (χ0) is 20.8. The van der Waals surface area contributed by atoms with Gasteiger partial charge in [-0.05, 0) is 42.5 Å². The summed E-state index contributed by atoms with van der Waals surface area (Å²) in [6.07, 6.45) is -1.10. The lowest BCUT2D eigenvalue weighted by Crippen LogP contribution is -2.37. The highest BCUT2D eigenvalue weighted by Gasteiger charge is 2.60. The van der Waals surface area contributed by atoms with Crippen molar-refractivity contribution in [2.45, 2.75) is 12.1 Å². The lowest BCUT2D eigenvalue weighted by molar-refractivity contribution is -0.126. The monoisotopic (exact) mass is 406 g/mol. The molecule has 7 heteroatoms. The molecular weight excluding hydrogens is 390 g/mol. The fourth-order valence-corrected chi connectivity index (χ4v) is 4.09. The molecule has 0 unspecified atom stereocenters. The van der Waals surface area contributed by atoms with Crippen LogP contribution in [-0.4, -0.2) is 17.9 Å². The van der Waals surface area contributed by atoms with Crippen LogP contribution in [0.25, 0.3) is 0 Å². The third-order valence-corrected chi connectivity index (χ3v) is 5.43. The molecule has 30 heavy (non-hydrogen) atoms. The average Bonchev–Trinajstić information content (AvgIpc) is 3.26. The zero-order valence-electron chi connectivity index (χ0n) is 15.6. The van der Waals surface area contributed by atoms with E-state index in [0.29, 0.717) is 5.69 Å². The summed E-state index contributed by atoms with van der Waals surface area (Å²) in [7, 11) is 0. The molecule has 5 rings (SSSR count). The molecule has 3 aromatic carbocycles. The number of hydroxylamine groups is 1. The van der Waals surface area contributed by atoms with Gasteiger partial charge >= 0.3 is 0 Å². The van der Waals surface area contributed by atoms with E-state index in [1.807, 2.05) is 6.07 Å². The van der Waals surface area contributed by atoms with Crippen LogP contribution in [0.1, 0.15) is 11.6 Å². The Morgan fingerprint density at radius 1 is 0.733 bits per heavy atom. The van der Waals surface area contributed by atoms with Gasteiger partial charge in [-0.2, -0.15) is 0 Å². The quantitative estimate of drug-likeness (QED) is 0.617. The number of halogens is 2. The van der Waals surface area contributed by atoms with Crippen LogP contribution in [0.5, 0.6) is 0 Å². The van der Waals surface area contributed by atoms with Crippen LogP contribution in [-0.2, 0) is 14.4 Å². The second-order valence-corrected chi connectivity index (χ2v) is 7.17. The summed E-state index contributed by atoms with van der Waals surface area (Å²) in [5.41, 5.74) is 1.12. The van der Waals surface area contributed by atoms with Crippen LogP contribution in [0.15, 0.2) is 78.9 Å². The van der Waals surface area contributed by atoms with E-state index in [0.717, 1.165) is 4.90 Å². The second-order valence-electron chi connectivity index (χ2n) is 7.17. The molecular formula is C23H16F2N2O3. The molecule has 2 aliphatic rings. The number of carbonyl (C=O) groups excluding carboxylic acids is 2. The highest BCUT2D eigenvalue weighted by Crippen LogP contribution is 2.48. The molecule has 3 aromatic rings. The third kappa shape index (κ3) is 2.78. The number of amides is 2. The van der Waals surface area contributed by atoms with Crippen molar-refractivity contribution in [2.75, 3.05) is 9.96 Å². The molecule has 0 spiro atoms. The predicted molar refractivity (Wildman–Crippen MR) is 105 cm³/mol. The summed E-state index contributed by atoms with van der Waals surface area (Å²) >= 11 is 0. The number of fused-ring (bicyclic) bond motifs is 1. The predicted octanol–water partition coefficient (Wildman–Crippen LogP) is 4.02. The van der Waals surface area contributed by atoms with Crippen LogP contribution in [0.3, 0.4) is 0 Å². The van der Waals surface area contributed by atoms with Crippen molar-refractivity contribution in [1.29, 1.82) is 0 Å². The standard InChI is InChI=1S/C23H16F2N2O3/c24-14-10-12-15(13-11-14)26-22(28)19-20(17-8-4-5-9-18(17)25)27(30-21(19)23(26)29)16-6-2-1-3-7-16/h1-13,19-21H/t19-,20-,21-/m0/s1. The lowest BCUT2D eigenvalue weighted by atomic mass is 9.90. The number of benzene rings is 3. The van der Waals surface area contributed by atoms with Crippen LogP contribution in [0.4, 0.5) is 20.2 Å². The summed E-state index contributed by atoms with van der Waals surface area (Å²) in [6.45, 7) is 0. The van der Waals surface area contributed by atoms with Gasteiger partial charge in [0.1, 0.15) is 17.6 Å². The fraction of sp³-hybridized carbons (Fsp3) is 0.130. The van der Waals surface area contributed by atoms with E-state index in [9.17, 15) is 18.4 Å². The normalized spacial score (nSPS) is 23.2. The number of para-hydroxylation sites is 1. The molecule has 2 fully saturated rings. The van der Waals surface area contributed by atoms with E-state index < -0.39 is 41.5 Å². The summed E-state index contributed by atoms with van der Waals surface area (Å²) in [6, 6.07) is 19.3. The molecule has 0 bridgehead atoms. The highest BCUT2D eigenvalue weighted by atomic mass is 19.1. The van der Waals surface area contributed by atoms with Gasteiger partial charge in [0.2, 0.25) is 5.91 Å². The van der Waals surface area contributed by atoms with E-state index in [1.54, 1.807) is 42.5 Å². The molecule has 0 aliphatic carbocycles. The van der Waals surface area contributed by atoms with Crippen molar-refractivity contribution < 1.29 is 23.2 Å². The Morgan fingerprint density at radius 3 is 2.10 bits per heavy atom. The topological polar surface area (TPSA) is 49.9 Å². The minimum absolute atomic E-state index is 0.253. The van der Waals surface area contributed by atoms with Gasteiger partial charge in [-0.3, -0.25) is 14.4 Å². The summed E-state index contributed by atoms with van der Waals surface area (Å²) in [5, 5.41) is 1.44. The second kappa shape index (κ2) is 7.03. The van der Waals surface area contributed by atoms with E-state index in [2.05, 4.69) is 0 Å². The van der Waals surface area contributed by atoms with Crippen molar-refractivity contribution in [1.82, 2.24) is 0 Å². The Balaban J connectivity index is 1.60. The molecule has 150 valence electrons. The maximum atomic E-state index is 14.7. The van der Waals surface area contributed by atoms with Gasteiger partial charge in [-0.1, -0.05) is 36.4 Å². The smallest absolute Gasteiger partial charge is 0.266 e. The van der Waals surface area contributed by atoms with Crippen LogP contribution >= 0.6 is 0 Å². The maximum absolute atomic E-state index is 14.7. The molecule has 2 aliphatic heterocycles. The minimum Gasteiger partial charge on any atom is -0.273 e. The number of imide groups is 1. The van der Waals surface area contributed by atoms with Gasteiger partial charge in [0, 0.05) is 5.56 Å². The van der Waals surface area contributed by atoms with E-state index in [4.69, 9.17) is 4.84 Å². The molecule has 0 N–H and O–H groups in total. The van der Waals surface area contributed by atoms with Gasteiger partial charge in [0.15, 0.2) is 6.10 Å². The number of rotatable bonds is 3. The molecule has 2 heterocycles. The molecule has 2 saturated heterocycles. The van der Waals surface area contributed by atoms with Crippen molar-refractivity contribution >= 4 is 23.2 Å². The summed E-state index contributed by atoms with van der Waals surface area (Å²) in [5.74, 6) is -2.98. The van der Waals surface area contributed by atoms with E-state index >= 15 is 0 Å². The van der Waals surface area contributed by atoms with Gasteiger partial charge < -0.3 is 0 Å². The summed E-state index contributed by atoms with van der Waals surface area (Å²) < 4.78 is 28.0. The number of hydrogen-bond acceptors (Lipinski definition) is 4. The Kier molecular flexibility index (Phi) is 4.33. The molecule has 5 nitrogen and oxygen atoms in total. The lowest BCUT2D eigenvalue weighted by Gasteiger charge is -2.29. The van der Waals surface area contributed by atoms with Crippen LogP contribution in [0, 0.1) is 17.6 Å². The van der Waals surface area contributed by atoms with Gasteiger partial charge in [-0.15, -0.1) is 0 Å². The van der Waals surface area contributed by atoms with Crippen molar-refractivity contribution in [3.8, 4) is 0 Å². The minimum atomic E-state index is -1.10. The highest BCUT2D eigenvalue weighted by molar-refractivity contribution is 6.23. The van der Waals surface area contributed by atoms with Gasteiger partial charge in [-0.25, -0.2) is 18.7 Å². The van der Waals surface area contributed by atoms with Crippen molar-refractivity contribution in [3.63, 3.8) is 0 Å². The Labute approximate surface area is 171 Å². The SMILES string of the molecule is O=C1[C@@H]2[C@H](ON(c3ccccc3)[C@H]2c2ccccc2F)C(=O)N1c1ccc(F)cc1. The fourth-order valence-electron chi connectivity index (χ4n) is 4.09. The Bertz CT molecular complexity index is 1120. The Hall–Kier alpha value is -3.58. The van der Waals surface area contributed by atoms with Crippen LogP contribution in [0.2, 0.25) is 0 Å².